The Kier molecular flexibility index (Phi) is 3.93. The van der Waals surface area contributed by atoms with E-state index in [2.05, 4.69) is 12.6 Å². The van der Waals surface area contributed by atoms with Crippen molar-refractivity contribution in [3.63, 3.8) is 0 Å². The number of carbonyl (C=O) groups excluding carboxylic acids is 1. The first-order valence-electron chi connectivity index (χ1n) is 3.32. The maximum absolute atomic E-state index is 10.6. The number of hydrogen-bond donors (Lipinski definition) is 3. The Morgan fingerprint density at radius 1 is 1.60 bits per heavy atom. The van der Waals surface area contributed by atoms with Crippen molar-refractivity contribution in [3.8, 4) is 0 Å². The van der Waals surface area contributed by atoms with E-state index < -0.39 is 10.8 Å². The Morgan fingerprint density at radius 3 is 2.40 bits per heavy atom. The van der Waals surface area contributed by atoms with E-state index in [9.17, 15) is 4.79 Å². The second-order valence-electron chi connectivity index (χ2n) is 2.45. The molecule has 4 heteroatoms. The van der Waals surface area contributed by atoms with Gasteiger partial charge in [0.1, 0.15) is 5.66 Å². The van der Waals surface area contributed by atoms with Gasteiger partial charge in [0.15, 0.2) is 0 Å². The third kappa shape index (κ3) is 3.20. The van der Waals surface area contributed by atoms with Crippen LogP contribution >= 0.6 is 12.6 Å². The Balaban J connectivity index is 3.75. The molecular formula is C6H14N2OS. The SMILES string of the molecule is CCCCC(N)(N)C(=O)S. The molecule has 0 saturated heterocycles. The minimum absolute atomic E-state index is 0.444. The molecule has 60 valence electrons. The summed E-state index contributed by atoms with van der Waals surface area (Å²) >= 11 is 3.56. The second-order valence-corrected chi connectivity index (χ2v) is 2.86. The topological polar surface area (TPSA) is 69.1 Å². The largest absolute Gasteiger partial charge is 0.306 e. The van der Waals surface area contributed by atoms with Gasteiger partial charge in [-0.05, 0) is 6.42 Å². The zero-order chi connectivity index (χ0) is 8.20. The van der Waals surface area contributed by atoms with Gasteiger partial charge >= 0.3 is 0 Å². The summed E-state index contributed by atoms with van der Waals surface area (Å²) in [6.45, 7) is 2.01. The van der Waals surface area contributed by atoms with Gasteiger partial charge in [-0.1, -0.05) is 19.8 Å². The van der Waals surface area contributed by atoms with E-state index in [1.54, 1.807) is 0 Å². The van der Waals surface area contributed by atoms with Crippen LogP contribution in [-0.2, 0) is 4.79 Å². The molecule has 3 nitrogen and oxygen atoms in total. The molecule has 0 atom stereocenters. The van der Waals surface area contributed by atoms with Crippen molar-refractivity contribution in [1.82, 2.24) is 0 Å². The van der Waals surface area contributed by atoms with Crippen molar-refractivity contribution >= 4 is 17.7 Å². The Hall–Kier alpha value is -0.0600. The van der Waals surface area contributed by atoms with Gasteiger partial charge in [0, 0.05) is 0 Å². The molecule has 0 aliphatic carbocycles. The molecule has 0 aromatic rings. The number of nitrogens with two attached hydrogens (primary N) is 2. The predicted octanol–water partition coefficient (Wildman–Crippen LogP) is 0.247. The molecule has 10 heavy (non-hydrogen) atoms. The van der Waals surface area contributed by atoms with Gasteiger partial charge in [-0.3, -0.25) is 4.79 Å². The molecule has 0 aromatic heterocycles. The summed E-state index contributed by atoms with van der Waals surface area (Å²) in [6.07, 6.45) is 2.35. The third-order valence-corrected chi connectivity index (χ3v) is 1.76. The van der Waals surface area contributed by atoms with Gasteiger partial charge in [-0.2, -0.15) is 0 Å². The quantitative estimate of drug-likeness (QED) is 0.410. The van der Waals surface area contributed by atoms with Crippen LogP contribution < -0.4 is 11.5 Å². The highest BCUT2D eigenvalue weighted by Gasteiger charge is 2.24. The molecule has 0 heterocycles. The summed E-state index contributed by atoms with van der Waals surface area (Å²) in [5.41, 5.74) is 9.57. The fraction of sp³-hybridized carbons (Fsp3) is 0.833. The van der Waals surface area contributed by atoms with E-state index in [4.69, 9.17) is 11.5 Å². The lowest BCUT2D eigenvalue weighted by Crippen LogP contribution is -2.54. The van der Waals surface area contributed by atoms with Crippen LogP contribution in [0.2, 0.25) is 0 Å². The summed E-state index contributed by atoms with van der Waals surface area (Å²) in [5.74, 6) is 0. The molecule has 4 N–H and O–H groups in total. The molecule has 0 aliphatic heterocycles. The smallest absolute Gasteiger partial charge is 0.220 e. The van der Waals surface area contributed by atoms with Crippen LogP contribution in [0.3, 0.4) is 0 Å². The second kappa shape index (κ2) is 3.95. The lowest BCUT2D eigenvalue weighted by atomic mass is 10.1. The van der Waals surface area contributed by atoms with Crippen LogP contribution in [0.4, 0.5) is 0 Å². The van der Waals surface area contributed by atoms with E-state index in [0.717, 1.165) is 12.8 Å². The van der Waals surface area contributed by atoms with Crippen LogP contribution in [0, 0.1) is 0 Å². The molecule has 0 spiro atoms. The molecule has 0 bridgehead atoms. The minimum atomic E-state index is -1.22. The highest BCUT2D eigenvalue weighted by Crippen LogP contribution is 2.07. The lowest BCUT2D eigenvalue weighted by Gasteiger charge is -2.19. The molecule has 0 fully saturated rings. The molecule has 0 saturated carbocycles. The molecule has 0 rings (SSSR count). The maximum atomic E-state index is 10.6. The number of carbonyl (C=O) groups is 1. The van der Waals surface area contributed by atoms with Crippen molar-refractivity contribution in [2.24, 2.45) is 11.5 Å². The van der Waals surface area contributed by atoms with Gasteiger partial charge in [0.2, 0.25) is 5.12 Å². The normalized spacial score (nSPS) is 11.6. The van der Waals surface area contributed by atoms with Crippen LogP contribution in [0.15, 0.2) is 0 Å². The lowest BCUT2D eigenvalue weighted by molar-refractivity contribution is -0.115. The fourth-order valence-corrected chi connectivity index (χ4v) is 0.688. The number of hydrogen-bond acceptors (Lipinski definition) is 3. The first-order chi connectivity index (χ1) is 4.50. The predicted molar refractivity (Wildman–Crippen MR) is 44.6 cm³/mol. The average Bonchev–Trinajstić information content (AvgIpc) is 1.84. The summed E-state index contributed by atoms with van der Waals surface area (Å²) in [5, 5.41) is -0.444. The molecule has 0 aliphatic rings. The molecule has 0 radical (unpaired) electrons. The van der Waals surface area contributed by atoms with Gasteiger partial charge in [-0.15, -0.1) is 12.6 Å². The molecule has 0 amide bonds. The zero-order valence-corrected chi connectivity index (χ0v) is 7.03. The van der Waals surface area contributed by atoms with Gasteiger partial charge in [-0.25, -0.2) is 0 Å². The third-order valence-electron chi connectivity index (χ3n) is 1.34. The van der Waals surface area contributed by atoms with Crippen LogP contribution in [-0.4, -0.2) is 10.8 Å². The van der Waals surface area contributed by atoms with E-state index in [0.29, 0.717) is 6.42 Å². The minimum Gasteiger partial charge on any atom is -0.306 e. The summed E-state index contributed by atoms with van der Waals surface area (Å²) < 4.78 is 0. The molecular weight excluding hydrogens is 148 g/mol. The van der Waals surface area contributed by atoms with Gasteiger partial charge < -0.3 is 11.5 Å². The first-order valence-corrected chi connectivity index (χ1v) is 3.76. The number of unbranched alkanes of at least 4 members (excludes halogenated alkanes) is 1. The fourth-order valence-electron chi connectivity index (χ4n) is 0.576. The summed E-state index contributed by atoms with van der Waals surface area (Å²) in [6, 6.07) is 0. The van der Waals surface area contributed by atoms with Crippen LogP contribution in [0.1, 0.15) is 26.2 Å². The highest BCUT2D eigenvalue weighted by molar-refractivity contribution is 7.96. The average molecular weight is 162 g/mol. The van der Waals surface area contributed by atoms with Crippen LogP contribution in [0.5, 0.6) is 0 Å². The highest BCUT2D eigenvalue weighted by atomic mass is 32.1. The number of rotatable bonds is 4. The summed E-state index contributed by atoms with van der Waals surface area (Å²) in [4.78, 5) is 10.6. The zero-order valence-electron chi connectivity index (χ0n) is 6.13. The van der Waals surface area contributed by atoms with Crippen molar-refractivity contribution < 1.29 is 4.79 Å². The van der Waals surface area contributed by atoms with Crippen molar-refractivity contribution in [1.29, 1.82) is 0 Å². The molecule has 0 unspecified atom stereocenters. The van der Waals surface area contributed by atoms with E-state index in [1.807, 2.05) is 6.92 Å². The monoisotopic (exact) mass is 162 g/mol. The first kappa shape index (κ1) is 9.94. The van der Waals surface area contributed by atoms with Crippen LogP contribution in [0.25, 0.3) is 0 Å². The van der Waals surface area contributed by atoms with E-state index in [-0.39, 0.29) is 0 Å². The van der Waals surface area contributed by atoms with E-state index >= 15 is 0 Å². The van der Waals surface area contributed by atoms with Crippen molar-refractivity contribution in [3.05, 3.63) is 0 Å². The Labute approximate surface area is 66.6 Å². The van der Waals surface area contributed by atoms with E-state index in [1.165, 1.54) is 0 Å². The van der Waals surface area contributed by atoms with Gasteiger partial charge in [0.05, 0.1) is 0 Å². The Bertz CT molecular complexity index is 125. The van der Waals surface area contributed by atoms with Crippen molar-refractivity contribution in [2.45, 2.75) is 31.8 Å². The Morgan fingerprint density at radius 2 is 2.10 bits per heavy atom. The van der Waals surface area contributed by atoms with Gasteiger partial charge in [0.25, 0.3) is 0 Å². The molecule has 0 aromatic carbocycles. The standard InChI is InChI=1S/C6H14N2OS/c1-2-3-4-6(7,8)5(9)10/h2-4,7-8H2,1H3,(H,9,10). The maximum Gasteiger partial charge on any atom is 0.220 e. The summed E-state index contributed by atoms with van der Waals surface area (Å²) in [7, 11) is 0. The van der Waals surface area contributed by atoms with Crippen molar-refractivity contribution in [2.75, 3.05) is 0 Å². The number of thiol groups is 1.